The molecule has 86 valence electrons. The van der Waals surface area contributed by atoms with Gasteiger partial charge in [0.15, 0.2) is 0 Å². The largest absolute Gasteiger partial charge is 0.497 e. The second-order valence-electron chi connectivity index (χ2n) is 4.03. The number of anilines is 1. The van der Waals surface area contributed by atoms with Crippen LogP contribution in [0.25, 0.3) is 0 Å². The van der Waals surface area contributed by atoms with E-state index >= 15 is 0 Å². The zero-order valence-corrected chi connectivity index (χ0v) is 9.35. The van der Waals surface area contributed by atoms with Gasteiger partial charge in [-0.25, -0.2) is 0 Å². The average Bonchev–Trinajstić information content (AvgIpc) is 2.78. The molecule has 1 unspecified atom stereocenters. The fourth-order valence-corrected chi connectivity index (χ4v) is 2.02. The summed E-state index contributed by atoms with van der Waals surface area (Å²) in [4.78, 5) is 13.2. The number of amides is 1. The van der Waals surface area contributed by atoms with Gasteiger partial charge in [0.25, 0.3) is 0 Å². The number of carbonyl (C=O) groups is 1. The molecular weight excluding hydrogens is 204 g/mol. The minimum Gasteiger partial charge on any atom is -0.497 e. The van der Waals surface area contributed by atoms with Crippen LogP contribution in [0.1, 0.15) is 6.42 Å². The van der Waals surface area contributed by atoms with Crippen LogP contribution in [0.3, 0.4) is 0 Å². The van der Waals surface area contributed by atoms with Crippen molar-refractivity contribution in [3.8, 4) is 5.75 Å². The lowest BCUT2D eigenvalue weighted by Crippen LogP contribution is -2.27. The molecule has 4 heteroatoms. The number of nitrogens with zero attached hydrogens (tertiary/aromatic N) is 1. The Morgan fingerprint density at radius 3 is 2.62 bits per heavy atom. The lowest BCUT2D eigenvalue weighted by Gasteiger charge is -2.18. The second-order valence-corrected chi connectivity index (χ2v) is 4.03. The molecule has 1 amide bonds. The molecule has 0 aliphatic carbocycles. The summed E-state index contributed by atoms with van der Waals surface area (Å²) >= 11 is 0. The van der Waals surface area contributed by atoms with E-state index in [1.165, 1.54) is 0 Å². The molecule has 1 aromatic rings. The first kappa shape index (κ1) is 10.8. The van der Waals surface area contributed by atoms with E-state index in [0.29, 0.717) is 0 Å². The Hall–Kier alpha value is -1.71. The first-order valence-corrected chi connectivity index (χ1v) is 5.39. The summed E-state index contributed by atoms with van der Waals surface area (Å²) < 4.78 is 5.10. The first-order valence-electron chi connectivity index (χ1n) is 5.39. The van der Waals surface area contributed by atoms with Gasteiger partial charge in [-0.05, 0) is 30.7 Å². The van der Waals surface area contributed by atoms with Gasteiger partial charge in [0.1, 0.15) is 5.75 Å². The topological polar surface area (TPSA) is 55.6 Å². The van der Waals surface area contributed by atoms with Gasteiger partial charge in [-0.2, -0.15) is 0 Å². The average molecular weight is 220 g/mol. The van der Waals surface area contributed by atoms with E-state index in [9.17, 15) is 4.79 Å². The van der Waals surface area contributed by atoms with Crippen molar-refractivity contribution in [1.29, 1.82) is 0 Å². The van der Waals surface area contributed by atoms with Crippen molar-refractivity contribution < 1.29 is 9.53 Å². The molecule has 1 aromatic carbocycles. The van der Waals surface area contributed by atoms with Crippen LogP contribution >= 0.6 is 0 Å². The minimum atomic E-state index is -0.198. The molecular formula is C12H16N2O2. The molecule has 1 saturated heterocycles. The highest BCUT2D eigenvalue weighted by atomic mass is 16.5. The van der Waals surface area contributed by atoms with Gasteiger partial charge in [0, 0.05) is 18.8 Å². The zero-order chi connectivity index (χ0) is 11.5. The van der Waals surface area contributed by atoms with E-state index in [-0.39, 0.29) is 11.8 Å². The first-order chi connectivity index (χ1) is 7.70. The van der Waals surface area contributed by atoms with Gasteiger partial charge in [0.05, 0.1) is 13.0 Å². The molecule has 2 rings (SSSR count). The van der Waals surface area contributed by atoms with Crippen LogP contribution in [-0.4, -0.2) is 26.1 Å². The van der Waals surface area contributed by atoms with E-state index in [1.54, 1.807) is 7.11 Å². The minimum absolute atomic E-state index is 0.0119. The van der Waals surface area contributed by atoms with Crippen molar-refractivity contribution in [3.63, 3.8) is 0 Å². The number of benzene rings is 1. The van der Waals surface area contributed by atoms with Crippen molar-refractivity contribution in [1.82, 2.24) is 0 Å². The monoisotopic (exact) mass is 220 g/mol. The predicted molar refractivity (Wildman–Crippen MR) is 62.5 cm³/mol. The summed E-state index contributed by atoms with van der Waals surface area (Å²) in [7, 11) is 1.65. The summed E-state index contributed by atoms with van der Waals surface area (Å²) in [5.41, 5.74) is 6.41. The molecule has 1 fully saturated rings. The maximum absolute atomic E-state index is 11.1. The maximum atomic E-state index is 11.1. The van der Waals surface area contributed by atoms with Crippen molar-refractivity contribution in [2.24, 2.45) is 11.7 Å². The van der Waals surface area contributed by atoms with Crippen LogP contribution in [0.4, 0.5) is 5.69 Å². The van der Waals surface area contributed by atoms with Crippen molar-refractivity contribution in [3.05, 3.63) is 24.3 Å². The molecule has 1 atom stereocenters. The van der Waals surface area contributed by atoms with Gasteiger partial charge in [-0.3, -0.25) is 4.79 Å². The lowest BCUT2D eigenvalue weighted by atomic mass is 10.1. The summed E-state index contributed by atoms with van der Waals surface area (Å²) in [6.07, 6.45) is 0.849. The van der Waals surface area contributed by atoms with E-state index in [2.05, 4.69) is 4.90 Å². The van der Waals surface area contributed by atoms with Gasteiger partial charge in [-0.15, -0.1) is 0 Å². The number of ether oxygens (including phenoxy) is 1. The molecule has 1 heterocycles. The van der Waals surface area contributed by atoms with Crippen molar-refractivity contribution in [2.75, 3.05) is 25.1 Å². The lowest BCUT2D eigenvalue weighted by molar-refractivity contribution is -0.121. The summed E-state index contributed by atoms with van der Waals surface area (Å²) in [5, 5.41) is 0. The van der Waals surface area contributed by atoms with Gasteiger partial charge in [0.2, 0.25) is 5.91 Å². The Labute approximate surface area is 95.0 Å². The van der Waals surface area contributed by atoms with Crippen LogP contribution < -0.4 is 15.4 Å². The normalized spacial score (nSPS) is 19.8. The molecule has 0 radical (unpaired) electrons. The third-order valence-electron chi connectivity index (χ3n) is 3.03. The standard InChI is InChI=1S/C12H16N2O2/c1-16-11-4-2-10(3-5-11)14-7-6-9(8-14)12(13)15/h2-5,9H,6-8H2,1H3,(H2,13,15). The smallest absolute Gasteiger partial charge is 0.222 e. The number of primary amides is 1. The number of hydrogen-bond donors (Lipinski definition) is 1. The number of methoxy groups -OCH3 is 1. The Morgan fingerprint density at radius 1 is 1.44 bits per heavy atom. The third-order valence-corrected chi connectivity index (χ3v) is 3.03. The maximum Gasteiger partial charge on any atom is 0.222 e. The summed E-state index contributed by atoms with van der Waals surface area (Å²) in [5.74, 6) is 0.632. The van der Waals surface area contributed by atoms with Crippen LogP contribution in [0.5, 0.6) is 5.75 Å². The molecule has 1 aliphatic heterocycles. The molecule has 4 nitrogen and oxygen atoms in total. The van der Waals surface area contributed by atoms with E-state index in [4.69, 9.17) is 10.5 Å². The van der Waals surface area contributed by atoms with Crippen LogP contribution in [-0.2, 0) is 4.79 Å². The third kappa shape index (κ3) is 2.10. The molecule has 0 aromatic heterocycles. The SMILES string of the molecule is COc1ccc(N2CCC(C(N)=O)C2)cc1. The van der Waals surface area contributed by atoms with Crippen molar-refractivity contribution >= 4 is 11.6 Å². The highest BCUT2D eigenvalue weighted by Crippen LogP contribution is 2.25. The van der Waals surface area contributed by atoms with Gasteiger partial charge in [-0.1, -0.05) is 0 Å². The Balaban J connectivity index is 2.05. The van der Waals surface area contributed by atoms with Crippen molar-refractivity contribution in [2.45, 2.75) is 6.42 Å². The Bertz CT molecular complexity index is 375. The van der Waals surface area contributed by atoms with Crippen LogP contribution in [0.2, 0.25) is 0 Å². The number of nitrogens with two attached hydrogens (primary N) is 1. The molecule has 1 aliphatic rings. The zero-order valence-electron chi connectivity index (χ0n) is 9.35. The van der Waals surface area contributed by atoms with Gasteiger partial charge < -0.3 is 15.4 Å². The fraction of sp³-hybridized carbons (Fsp3) is 0.417. The number of rotatable bonds is 3. The summed E-state index contributed by atoms with van der Waals surface area (Å²) in [6.45, 7) is 1.61. The van der Waals surface area contributed by atoms with E-state index < -0.39 is 0 Å². The number of hydrogen-bond acceptors (Lipinski definition) is 3. The van der Waals surface area contributed by atoms with E-state index in [0.717, 1.165) is 30.9 Å². The quantitative estimate of drug-likeness (QED) is 0.827. The highest BCUT2D eigenvalue weighted by Gasteiger charge is 2.26. The van der Waals surface area contributed by atoms with Gasteiger partial charge >= 0.3 is 0 Å². The van der Waals surface area contributed by atoms with Crippen LogP contribution in [0, 0.1) is 5.92 Å². The number of carbonyl (C=O) groups excluding carboxylic acids is 1. The fourth-order valence-electron chi connectivity index (χ4n) is 2.02. The molecule has 0 saturated carbocycles. The van der Waals surface area contributed by atoms with Crippen LogP contribution in [0.15, 0.2) is 24.3 Å². The van der Waals surface area contributed by atoms with E-state index in [1.807, 2.05) is 24.3 Å². The predicted octanol–water partition coefficient (Wildman–Crippen LogP) is 1.01. The highest BCUT2D eigenvalue weighted by molar-refractivity contribution is 5.78. The molecule has 2 N–H and O–H groups in total. The molecule has 16 heavy (non-hydrogen) atoms. The Kier molecular flexibility index (Phi) is 2.99. The molecule has 0 bridgehead atoms. The summed E-state index contributed by atoms with van der Waals surface area (Å²) in [6, 6.07) is 7.85. The Morgan fingerprint density at radius 2 is 2.12 bits per heavy atom. The second kappa shape index (κ2) is 4.43. The molecule has 0 spiro atoms.